The lowest BCUT2D eigenvalue weighted by Gasteiger charge is -2.02. The van der Waals surface area contributed by atoms with Gasteiger partial charge in [0, 0.05) is 12.3 Å². The number of hydrogen-bond donors (Lipinski definition) is 0. The molecule has 2 rings (SSSR count). The van der Waals surface area contributed by atoms with Crippen molar-refractivity contribution < 1.29 is 4.42 Å². The van der Waals surface area contributed by atoms with Crippen molar-refractivity contribution in [2.45, 2.75) is 46.0 Å². The van der Waals surface area contributed by atoms with Crippen molar-refractivity contribution in [2.24, 2.45) is 5.41 Å². The molecule has 2 unspecified atom stereocenters. The Morgan fingerprint density at radius 3 is 2.69 bits per heavy atom. The third kappa shape index (κ3) is 1.36. The normalized spacial score (nSPS) is 32.1. The van der Waals surface area contributed by atoms with Crippen LogP contribution in [0.1, 0.15) is 51.3 Å². The van der Waals surface area contributed by atoms with Gasteiger partial charge in [-0.1, -0.05) is 20.8 Å². The van der Waals surface area contributed by atoms with E-state index in [9.17, 15) is 0 Å². The van der Waals surface area contributed by atoms with Crippen LogP contribution in [-0.2, 0) is 6.42 Å². The molecule has 3 nitrogen and oxygen atoms in total. The summed E-state index contributed by atoms with van der Waals surface area (Å²) in [6.07, 6.45) is 3.24. The number of hydrogen-bond acceptors (Lipinski definition) is 3. The minimum absolute atomic E-state index is 0.428. The minimum atomic E-state index is 0.428. The minimum Gasteiger partial charge on any atom is -0.425 e. The van der Waals surface area contributed by atoms with Crippen LogP contribution >= 0.6 is 0 Å². The van der Waals surface area contributed by atoms with Crippen molar-refractivity contribution in [1.29, 1.82) is 0 Å². The van der Waals surface area contributed by atoms with Gasteiger partial charge in [-0.3, -0.25) is 0 Å². The number of nitrogens with zero attached hydrogens (tertiary/aromatic N) is 2. The monoisotopic (exact) mass is 180 g/mol. The molecule has 1 fully saturated rings. The fraction of sp³-hybridized carbons (Fsp3) is 0.800. The molecular weight excluding hydrogens is 164 g/mol. The zero-order valence-corrected chi connectivity index (χ0v) is 8.50. The highest BCUT2D eigenvalue weighted by molar-refractivity contribution is 5.13. The van der Waals surface area contributed by atoms with Crippen LogP contribution in [0.3, 0.4) is 0 Å². The summed E-state index contributed by atoms with van der Waals surface area (Å²) in [7, 11) is 0. The van der Waals surface area contributed by atoms with E-state index < -0.39 is 0 Å². The summed E-state index contributed by atoms with van der Waals surface area (Å²) >= 11 is 0. The standard InChI is InChI=1S/C10H16N2O/c1-4-8-11-12-9(13-8)7-6-10(7,3)5-2/h7H,4-6H2,1-3H3. The van der Waals surface area contributed by atoms with E-state index in [-0.39, 0.29) is 0 Å². The molecule has 0 amide bonds. The van der Waals surface area contributed by atoms with Gasteiger partial charge in [-0.2, -0.15) is 0 Å². The van der Waals surface area contributed by atoms with Crippen LogP contribution in [0, 0.1) is 5.41 Å². The molecule has 1 aliphatic rings. The quantitative estimate of drug-likeness (QED) is 0.717. The first-order valence-corrected chi connectivity index (χ1v) is 5.02. The molecule has 13 heavy (non-hydrogen) atoms. The molecule has 3 heteroatoms. The fourth-order valence-electron chi connectivity index (χ4n) is 1.73. The zero-order valence-electron chi connectivity index (χ0n) is 8.50. The Kier molecular flexibility index (Phi) is 1.90. The maximum absolute atomic E-state index is 5.53. The molecule has 1 aliphatic carbocycles. The summed E-state index contributed by atoms with van der Waals surface area (Å²) in [6, 6.07) is 0. The predicted molar refractivity (Wildman–Crippen MR) is 49.4 cm³/mol. The largest absolute Gasteiger partial charge is 0.425 e. The van der Waals surface area contributed by atoms with E-state index in [4.69, 9.17) is 4.42 Å². The average Bonchev–Trinajstić information content (AvgIpc) is 2.65. The molecule has 1 aromatic heterocycles. The van der Waals surface area contributed by atoms with E-state index in [1.54, 1.807) is 0 Å². The van der Waals surface area contributed by atoms with Crippen molar-refractivity contribution in [1.82, 2.24) is 10.2 Å². The van der Waals surface area contributed by atoms with Crippen LogP contribution in [-0.4, -0.2) is 10.2 Å². The van der Waals surface area contributed by atoms with Crippen molar-refractivity contribution in [3.63, 3.8) is 0 Å². The lowest BCUT2D eigenvalue weighted by molar-refractivity contribution is 0.422. The SMILES string of the molecule is CCc1nnc(C2CC2(C)CC)o1. The topological polar surface area (TPSA) is 38.9 Å². The molecule has 1 aromatic rings. The molecule has 0 aliphatic heterocycles. The van der Waals surface area contributed by atoms with Crippen LogP contribution in [0.4, 0.5) is 0 Å². The Hall–Kier alpha value is -0.860. The van der Waals surface area contributed by atoms with Gasteiger partial charge < -0.3 is 4.42 Å². The predicted octanol–water partition coefficient (Wildman–Crippen LogP) is 2.54. The second kappa shape index (κ2) is 2.82. The Morgan fingerprint density at radius 2 is 2.23 bits per heavy atom. The molecule has 0 radical (unpaired) electrons. The van der Waals surface area contributed by atoms with E-state index in [1.165, 1.54) is 12.8 Å². The van der Waals surface area contributed by atoms with Crippen LogP contribution in [0.5, 0.6) is 0 Å². The average molecular weight is 180 g/mol. The summed E-state index contributed by atoms with van der Waals surface area (Å²) < 4.78 is 5.53. The molecule has 1 heterocycles. The van der Waals surface area contributed by atoms with Crippen LogP contribution < -0.4 is 0 Å². The first-order chi connectivity index (χ1) is 6.19. The molecule has 0 bridgehead atoms. The van der Waals surface area contributed by atoms with Crippen molar-refractivity contribution >= 4 is 0 Å². The zero-order chi connectivity index (χ0) is 9.47. The fourth-order valence-corrected chi connectivity index (χ4v) is 1.73. The Balaban J connectivity index is 2.11. The molecule has 0 spiro atoms. The maximum atomic E-state index is 5.53. The number of aromatic nitrogens is 2. The summed E-state index contributed by atoms with van der Waals surface area (Å²) in [5.74, 6) is 2.13. The van der Waals surface area contributed by atoms with Gasteiger partial charge in [0.1, 0.15) is 0 Å². The van der Waals surface area contributed by atoms with Crippen LogP contribution in [0.15, 0.2) is 4.42 Å². The van der Waals surface area contributed by atoms with E-state index in [2.05, 4.69) is 24.0 Å². The van der Waals surface area contributed by atoms with Gasteiger partial charge >= 0.3 is 0 Å². The lowest BCUT2D eigenvalue weighted by Crippen LogP contribution is -1.94. The van der Waals surface area contributed by atoms with Gasteiger partial charge in [-0.05, 0) is 18.3 Å². The molecule has 72 valence electrons. The number of rotatable bonds is 3. The second-order valence-corrected chi connectivity index (χ2v) is 4.15. The van der Waals surface area contributed by atoms with Crippen molar-refractivity contribution in [2.75, 3.05) is 0 Å². The van der Waals surface area contributed by atoms with Gasteiger partial charge in [-0.15, -0.1) is 10.2 Å². The number of aryl methyl sites for hydroxylation is 1. The third-order valence-corrected chi connectivity index (χ3v) is 3.24. The second-order valence-electron chi connectivity index (χ2n) is 4.15. The Bertz CT molecular complexity index is 308. The highest BCUT2D eigenvalue weighted by Crippen LogP contribution is 2.60. The molecule has 0 saturated heterocycles. The highest BCUT2D eigenvalue weighted by atomic mass is 16.4. The van der Waals surface area contributed by atoms with Crippen molar-refractivity contribution in [3.05, 3.63) is 11.8 Å². The van der Waals surface area contributed by atoms with Crippen molar-refractivity contribution in [3.8, 4) is 0 Å². The molecule has 2 atom stereocenters. The van der Waals surface area contributed by atoms with E-state index in [0.29, 0.717) is 11.3 Å². The Labute approximate surface area is 78.5 Å². The summed E-state index contributed by atoms with van der Waals surface area (Å²) in [6.45, 7) is 6.54. The first kappa shape index (κ1) is 8.73. The summed E-state index contributed by atoms with van der Waals surface area (Å²) in [4.78, 5) is 0. The summed E-state index contributed by atoms with van der Waals surface area (Å²) in [5, 5.41) is 8.05. The smallest absolute Gasteiger partial charge is 0.220 e. The van der Waals surface area contributed by atoms with Gasteiger partial charge in [0.15, 0.2) is 0 Å². The van der Waals surface area contributed by atoms with E-state index in [1.807, 2.05) is 6.92 Å². The first-order valence-electron chi connectivity index (χ1n) is 5.02. The lowest BCUT2D eigenvalue weighted by atomic mass is 10.0. The van der Waals surface area contributed by atoms with E-state index >= 15 is 0 Å². The van der Waals surface area contributed by atoms with Gasteiger partial charge in [-0.25, -0.2) is 0 Å². The molecular formula is C10H16N2O. The van der Waals surface area contributed by atoms with Gasteiger partial charge in [0.2, 0.25) is 11.8 Å². The summed E-state index contributed by atoms with van der Waals surface area (Å²) in [5.41, 5.74) is 0.428. The third-order valence-electron chi connectivity index (χ3n) is 3.24. The Morgan fingerprint density at radius 1 is 1.46 bits per heavy atom. The van der Waals surface area contributed by atoms with Crippen LogP contribution in [0.25, 0.3) is 0 Å². The van der Waals surface area contributed by atoms with E-state index in [0.717, 1.165) is 18.2 Å². The van der Waals surface area contributed by atoms with Crippen LogP contribution in [0.2, 0.25) is 0 Å². The molecule has 0 N–H and O–H groups in total. The van der Waals surface area contributed by atoms with Gasteiger partial charge in [0.05, 0.1) is 0 Å². The molecule has 1 saturated carbocycles. The highest BCUT2D eigenvalue weighted by Gasteiger charge is 2.52. The molecule has 0 aromatic carbocycles. The van der Waals surface area contributed by atoms with Gasteiger partial charge in [0.25, 0.3) is 0 Å². The maximum Gasteiger partial charge on any atom is 0.220 e.